The van der Waals surface area contributed by atoms with Gasteiger partial charge in [-0.15, -0.1) is 0 Å². The van der Waals surface area contributed by atoms with Crippen LogP contribution in [-0.2, 0) is 0 Å². The van der Waals surface area contributed by atoms with Gasteiger partial charge in [-0.05, 0) is 55.0 Å². The maximum atomic E-state index is 13.0. The molecule has 2 fully saturated rings. The molecule has 0 unspecified atom stereocenters. The van der Waals surface area contributed by atoms with E-state index in [1.54, 1.807) is 4.57 Å². The number of β-amino-alcohol motifs (C(OH)–C–C–N with tert-alkyl or cyclic N) is 1. The van der Waals surface area contributed by atoms with Gasteiger partial charge in [0.05, 0.1) is 17.3 Å². The van der Waals surface area contributed by atoms with Crippen molar-refractivity contribution in [3.8, 4) is 5.69 Å². The summed E-state index contributed by atoms with van der Waals surface area (Å²) in [6.07, 6.45) is 2.80. The second-order valence-electron chi connectivity index (χ2n) is 7.33. The van der Waals surface area contributed by atoms with Crippen LogP contribution in [0.15, 0.2) is 53.3 Å². The third-order valence-corrected chi connectivity index (χ3v) is 5.42. The molecule has 132 valence electrons. The molecular formula is C21H21N3O2. The summed E-state index contributed by atoms with van der Waals surface area (Å²) in [4.78, 5) is 19.4. The monoisotopic (exact) mass is 347 g/mol. The standard InChI is InChI=1S/C21H21N3O2/c25-17-10-11-23(13-17)20-18-9-8-15(14-6-7-14)12-19(18)24(21(26)22-20)16-4-2-1-3-5-16/h1-5,8-9,12,14,17,25H,6-7,10-11,13H2/t17-/m1/s1. The van der Waals surface area contributed by atoms with Crippen LogP contribution in [0.2, 0.25) is 0 Å². The molecule has 0 bridgehead atoms. The van der Waals surface area contributed by atoms with Gasteiger partial charge in [-0.1, -0.05) is 24.3 Å². The number of benzene rings is 2. The van der Waals surface area contributed by atoms with E-state index in [0.717, 1.165) is 23.1 Å². The Morgan fingerprint density at radius 1 is 1.04 bits per heavy atom. The Balaban J connectivity index is 1.77. The van der Waals surface area contributed by atoms with E-state index in [1.807, 2.05) is 35.2 Å². The van der Waals surface area contributed by atoms with Gasteiger partial charge in [-0.25, -0.2) is 4.79 Å². The SMILES string of the molecule is O=c1nc(N2CC[C@@H](O)C2)c2ccc(C3CC3)cc2n1-c1ccccc1. The van der Waals surface area contributed by atoms with E-state index in [-0.39, 0.29) is 11.8 Å². The van der Waals surface area contributed by atoms with Crippen LogP contribution < -0.4 is 10.6 Å². The predicted octanol–water partition coefficient (Wildman–Crippen LogP) is 2.83. The summed E-state index contributed by atoms with van der Waals surface area (Å²) in [6.45, 7) is 1.25. The topological polar surface area (TPSA) is 58.4 Å². The molecule has 0 amide bonds. The third kappa shape index (κ3) is 2.59. The molecule has 5 heteroatoms. The quantitative estimate of drug-likeness (QED) is 0.791. The van der Waals surface area contributed by atoms with Crippen LogP contribution in [0, 0.1) is 0 Å². The zero-order valence-electron chi connectivity index (χ0n) is 14.5. The molecule has 2 heterocycles. The molecule has 1 atom stereocenters. The molecule has 0 spiro atoms. The molecule has 26 heavy (non-hydrogen) atoms. The van der Waals surface area contributed by atoms with Crippen molar-refractivity contribution in [1.82, 2.24) is 9.55 Å². The van der Waals surface area contributed by atoms with E-state index < -0.39 is 0 Å². The lowest BCUT2D eigenvalue weighted by Gasteiger charge is -2.21. The van der Waals surface area contributed by atoms with Crippen molar-refractivity contribution >= 4 is 16.7 Å². The molecule has 2 aliphatic rings. The third-order valence-electron chi connectivity index (χ3n) is 5.42. The molecule has 1 saturated carbocycles. The number of aliphatic hydroxyl groups excluding tert-OH is 1. The normalized spacial score (nSPS) is 20.0. The van der Waals surface area contributed by atoms with Gasteiger partial charge in [-0.3, -0.25) is 4.57 Å². The second kappa shape index (κ2) is 5.95. The number of aliphatic hydroxyl groups is 1. The van der Waals surface area contributed by atoms with Crippen LogP contribution in [0.4, 0.5) is 5.82 Å². The van der Waals surface area contributed by atoms with E-state index >= 15 is 0 Å². The molecule has 1 saturated heterocycles. The maximum absolute atomic E-state index is 13.0. The zero-order valence-corrected chi connectivity index (χ0v) is 14.5. The first kappa shape index (κ1) is 15.6. The number of fused-ring (bicyclic) bond motifs is 1. The first-order valence-electron chi connectivity index (χ1n) is 9.26. The van der Waals surface area contributed by atoms with Crippen molar-refractivity contribution in [1.29, 1.82) is 0 Å². The van der Waals surface area contributed by atoms with E-state index in [1.165, 1.54) is 18.4 Å². The van der Waals surface area contributed by atoms with Crippen LogP contribution in [0.1, 0.15) is 30.7 Å². The Hall–Kier alpha value is -2.66. The Morgan fingerprint density at radius 3 is 2.54 bits per heavy atom. The fourth-order valence-electron chi connectivity index (χ4n) is 3.90. The molecule has 1 aliphatic carbocycles. The first-order valence-corrected chi connectivity index (χ1v) is 9.26. The lowest BCUT2D eigenvalue weighted by atomic mass is 10.1. The fraction of sp³-hybridized carbons (Fsp3) is 0.333. The van der Waals surface area contributed by atoms with Gasteiger partial charge in [-0.2, -0.15) is 4.98 Å². The van der Waals surface area contributed by atoms with E-state index in [2.05, 4.69) is 23.2 Å². The summed E-state index contributed by atoms with van der Waals surface area (Å²) < 4.78 is 1.71. The summed E-state index contributed by atoms with van der Waals surface area (Å²) in [6, 6.07) is 16.1. The zero-order chi connectivity index (χ0) is 17.7. The summed E-state index contributed by atoms with van der Waals surface area (Å²) >= 11 is 0. The van der Waals surface area contributed by atoms with Crippen LogP contribution in [0.25, 0.3) is 16.6 Å². The van der Waals surface area contributed by atoms with Crippen molar-refractivity contribution in [2.75, 3.05) is 18.0 Å². The van der Waals surface area contributed by atoms with Crippen molar-refractivity contribution in [2.45, 2.75) is 31.3 Å². The summed E-state index contributed by atoms with van der Waals surface area (Å²) in [5, 5.41) is 10.9. The molecular weight excluding hydrogens is 326 g/mol. The lowest BCUT2D eigenvalue weighted by molar-refractivity contribution is 0.198. The summed E-state index contributed by atoms with van der Waals surface area (Å²) in [7, 11) is 0. The average molecular weight is 347 g/mol. The minimum absolute atomic E-state index is 0.270. The number of hydrogen-bond donors (Lipinski definition) is 1. The highest BCUT2D eigenvalue weighted by Gasteiger charge is 2.27. The minimum Gasteiger partial charge on any atom is -0.391 e. The number of para-hydroxylation sites is 1. The van der Waals surface area contributed by atoms with E-state index in [4.69, 9.17) is 0 Å². The maximum Gasteiger partial charge on any atom is 0.354 e. The summed E-state index contributed by atoms with van der Waals surface area (Å²) in [5.41, 5.74) is 2.75. The van der Waals surface area contributed by atoms with Crippen molar-refractivity contribution in [3.63, 3.8) is 0 Å². The van der Waals surface area contributed by atoms with Crippen LogP contribution >= 0.6 is 0 Å². The highest BCUT2D eigenvalue weighted by molar-refractivity contribution is 5.91. The van der Waals surface area contributed by atoms with Crippen molar-refractivity contribution < 1.29 is 5.11 Å². The van der Waals surface area contributed by atoms with Gasteiger partial charge in [0.1, 0.15) is 5.82 Å². The molecule has 5 nitrogen and oxygen atoms in total. The van der Waals surface area contributed by atoms with Gasteiger partial charge < -0.3 is 10.0 Å². The average Bonchev–Trinajstić information content (AvgIpc) is 3.42. The molecule has 5 rings (SSSR count). The van der Waals surface area contributed by atoms with Gasteiger partial charge in [0.25, 0.3) is 0 Å². The molecule has 0 radical (unpaired) electrons. The Kier molecular flexibility index (Phi) is 3.57. The minimum atomic E-state index is -0.353. The van der Waals surface area contributed by atoms with Crippen LogP contribution in [-0.4, -0.2) is 33.9 Å². The fourth-order valence-corrected chi connectivity index (χ4v) is 3.90. The van der Waals surface area contributed by atoms with Crippen LogP contribution in [0.3, 0.4) is 0 Å². The summed E-state index contributed by atoms with van der Waals surface area (Å²) in [5.74, 6) is 1.31. The van der Waals surface area contributed by atoms with Gasteiger partial charge >= 0.3 is 5.69 Å². The van der Waals surface area contributed by atoms with Gasteiger partial charge in [0.15, 0.2) is 0 Å². The Morgan fingerprint density at radius 2 is 1.85 bits per heavy atom. The number of hydrogen-bond acceptors (Lipinski definition) is 4. The molecule has 1 N–H and O–H groups in total. The highest BCUT2D eigenvalue weighted by Crippen LogP contribution is 2.41. The largest absolute Gasteiger partial charge is 0.391 e. The Bertz CT molecular complexity index is 1020. The molecule has 1 aliphatic heterocycles. The van der Waals surface area contributed by atoms with Gasteiger partial charge in [0, 0.05) is 18.5 Å². The van der Waals surface area contributed by atoms with Crippen LogP contribution in [0.5, 0.6) is 0 Å². The smallest absolute Gasteiger partial charge is 0.354 e. The highest BCUT2D eigenvalue weighted by atomic mass is 16.3. The Labute approximate surface area is 151 Å². The number of nitrogens with zero attached hydrogens (tertiary/aromatic N) is 3. The molecule has 2 aromatic carbocycles. The predicted molar refractivity (Wildman–Crippen MR) is 102 cm³/mol. The van der Waals surface area contributed by atoms with E-state index in [9.17, 15) is 9.90 Å². The lowest BCUT2D eigenvalue weighted by Crippen LogP contribution is -2.29. The van der Waals surface area contributed by atoms with E-state index in [0.29, 0.717) is 24.7 Å². The number of rotatable bonds is 3. The first-order chi connectivity index (χ1) is 12.7. The number of anilines is 1. The molecule has 3 aromatic rings. The molecule has 1 aromatic heterocycles. The number of aromatic nitrogens is 2. The second-order valence-corrected chi connectivity index (χ2v) is 7.33. The van der Waals surface area contributed by atoms with Crippen molar-refractivity contribution in [2.24, 2.45) is 0 Å². The van der Waals surface area contributed by atoms with Crippen molar-refractivity contribution in [3.05, 3.63) is 64.6 Å². The van der Waals surface area contributed by atoms with Gasteiger partial charge in [0.2, 0.25) is 0 Å².